The monoisotopic (exact) mass is 152 g/mol. The summed E-state index contributed by atoms with van der Waals surface area (Å²) in [5, 5.41) is 0. The Bertz CT molecular complexity index is 317. The van der Waals surface area contributed by atoms with E-state index in [4.69, 9.17) is 5.73 Å². The van der Waals surface area contributed by atoms with Crippen LogP contribution in [-0.2, 0) is 6.67 Å². The van der Waals surface area contributed by atoms with Gasteiger partial charge in [-0.25, -0.2) is 4.79 Å². The summed E-state index contributed by atoms with van der Waals surface area (Å²) >= 11 is 0. The first-order valence-corrected chi connectivity index (χ1v) is 2.99. The minimum Gasteiger partial charge on any atom is -0.383 e. The molecule has 0 fully saturated rings. The number of aliphatic imine (C=N–C) groups is 1. The van der Waals surface area contributed by atoms with E-state index in [1.807, 2.05) is 0 Å². The van der Waals surface area contributed by atoms with Gasteiger partial charge in [-0.2, -0.15) is 4.98 Å². The first kappa shape index (κ1) is 7.46. The SMILES string of the molecule is C=NCn1ccc(N)nc1=O. The molecule has 0 bridgehead atoms. The van der Waals surface area contributed by atoms with Crippen LogP contribution in [0.15, 0.2) is 22.1 Å². The zero-order valence-corrected chi connectivity index (χ0v) is 5.90. The second-order valence-electron chi connectivity index (χ2n) is 1.97. The predicted molar refractivity (Wildman–Crippen MR) is 42.5 cm³/mol. The third kappa shape index (κ3) is 1.64. The molecule has 0 saturated carbocycles. The van der Waals surface area contributed by atoms with Crippen molar-refractivity contribution in [2.45, 2.75) is 6.67 Å². The molecule has 0 saturated heterocycles. The second kappa shape index (κ2) is 2.96. The average molecular weight is 152 g/mol. The molecule has 2 N–H and O–H groups in total. The second-order valence-corrected chi connectivity index (χ2v) is 1.97. The first-order valence-electron chi connectivity index (χ1n) is 2.99. The lowest BCUT2D eigenvalue weighted by Crippen LogP contribution is -2.22. The zero-order valence-electron chi connectivity index (χ0n) is 5.90. The van der Waals surface area contributed by atoms with Gasteiger partial charge in [0.2, 0.25) is 0 Å². The molecule has 0 amide bonds. The lowest BCUT2D eigenvalue weighted by Gasteiger charge is -1.98. The Morgan fingerprint density at radius 3 is 3.09 bits per heavy atom. The number of aromatic nitrogens is 2. The van der Waals surface area contributed by atoms with Crippen molar-refractivity contribution in [3.05, 3.63) is 22.7 Å². The summed E-state index contributed by atoms with van der Waals surface area (Å²) < 4.78 is 1.31. The van der Waals surface area contributed by atoms with Crippen molar-refractivity contribution >= 4 is 12.5 Å². The number of rotatable bonds is 2. The first-order chi connectivity index (χ1) is 5.24. The topological polar surface area (TPSA) is 73.3 Å². The fourth-order valence-electron chi connectivity index (χ4n) is 0.657. The van der Waals surface area contributed by atoms with Gasteiger partial charge in [-0.15, -0.1) is 0 Å². The molecule has 1 aromatic heterocycles. The van der Waals surface area contributed by atoms with E-state index in [1.165, 1.54) is 16.8 Å². The summed E-state index contributed by atoms with van der Waals surface area (Å²) in [5.74, 6) is 0.218. The Labute approximate surface area is 63.2 Å². The molecule has 0 spiro atoms. The van der Waals surface area contributed by atoms with Crippen LogP contribution in [0.4, 0.5) is 5.82 Å². The van der Waals surface area contributed by atoms with Gasteiger partial charge >= 0.3 is 5.69 Å². The molecule has 0 unspecified atom stereocenters. The molecule has 5 heteroatoms. The van der Waals surface area contributed by atoms with Gasteiger partial charge < -0.3 is 5.73 Å². The molecule has 0 radical (unpaired) electrons. The van der Waals surface area contributed by atoms with Crippen molar-refractivity contribution in [2.24, 2.45) is 4.99 Å². The van der Waals surface area contributed by atoms with E-state index >= 15 is 0 Å². The zero-order chi connectivity index (χ0) is 8.27. The maximum absolute atomic E-state index is 10.9. The molecular formula is C6H8N4O. The molecule has 0 aromatic carbocycles. The van der Waals surface area contributed by atoms with Gasteiger partial charge in [-0.05, 0) is 12.8 Å². The highest BCUT2D eigenvalue weighted by Gasteiger charge is 1.93. The molecule has 0 aliphatic rings. The predicted octanol–water partition coefficient (Wildman–Crippen LogP) is -0.516. The van der Waals surface area contributed by atoms with E-state index < -0.39 is 5.69 Å². The Morgan fingerprint density at radius 2 is 2.55 bits per heavy atom. The summed E-state index contributed by atoms with van der Waals surface area (Å²) in [6, 6.07) is 1.53. The maximum atomic E-state index is 10.9. The van der Waals surface area contributed by atoms with E-state index in [0.29, 0.717) is 0 Å². The normalized spacial score (nSPS) is 9.45. The molecule has 1 rings (SSSR count). The molecule has 58 valence electrons. The summed E-state index contributed by atoms with van der Waals surface area (Å²) in [5.41, 5.74) is 4.85. The van der Waals surface area contributed by atoms with Crippen molar-refractivity contribution in [2.75, 3.05) is 5.73 Å². The fourth-order valence-corrected chi connectivity index (χ4v) is 0.657. The fraction of sp³-hybridized carbons (Fsp3) is 0.167. The summed E-state index contributed by atoms with van der Waals surface area (Å²) in [6.45, 7) is 3.47. The van der Waals surface area contributed by atoms with Crippen molar-refractivity contribution in [1.82, 2.24) is 9.55 Å². The van der Waals surface area contributed by atoms with Crippen LogP contribution < -0.4 is 11.4 Å². The lowest BCUT2D eigenvalue weighted by molar-refractivity contribution is 0.683. The molecule has 0 atom stereocenters. The van der Waals surface area contributed by atoms with Crippen molar-refractivity contribution < 1.29 is 0 Å². The molecule has 5 nitrogen and oxygen atoms in total. The van der Waals surface area contributed by atoms with Crippen LogP contribution in [0.25, 0.3) is 0 Å². The molecule has 0 aliphatic heterocycles. The van der Waals surface area contributed by atoms with E-state index in [1.54, 1.807) is 0 Å². The van der Waals surface area contributed by atoms with Gasteiger partial charge in [-0.1, -0.05) is 0 Å². The van der Waals surface area contributed by atoms with Crippen LogP contribution >= 0.6 is 0 Å². The number of hydrogen-bond acceptors (Lipinski definition) is 4. The number of hydrogen-bond donors (Lipinski definition) is 1. The van der Waals surface area contributed by atoms with Crippen molar-refractivity contribution in [3.63, 3.8) is 0 Å². The van der Waals surface area contributed by atoms with Crippen LogP contribution in [0.3, 0.4) is 0 Å². The van der Waals surface area contributed by atoms with Gasteiger partial charge in [0.1, 0.15) is 12.5 Å². The Hall–Kier alpha value is -1.65. The molecule has 11 heavy (non-hydrogen) atoms. The Morgan fingerprint density at radius 1 is 1.82 bits per heavy atom. The highest BCUT2D eigenvalue weighted by molar-refractivity contribution is 5.24. The smallest absolute Gasteiger partial charge is 0.351 e. The Balaban J connectivity index is 3.09. The van der Waals surface area contributed by atoms with Crippen LogP contribution in [0, 0.1) is 0 Å². The average Bonchev–Trinajstić information content (AvgIpc) is 1.95. The van der Waals surface area contributed by atoms with Crippen LogP contribution in [-0.4, -0.2) is 16.3 Å². The van der Waals surface area contributed by atoms with Crippen LogP contribution in [0.2, 0.25) is 0 Å². The largest absolute Gasteiger partial charge is 0.383 e. The van der Waals surface area contributed by atoms with Crippen LogP contribution in [0.5, 0.6) is 0 Å². The minimum absolute atomic E-state index is 0.214. The summed E-state index contributed by atoms with van der Waals surface area (Å²) in [4.78, 5) is 17.9. The number of nitrogen functional groups attached to an aromatic ring is 1. The highest BCUT2D eigenvalue weighted by atomic mass is 16.1. The molecule has 0 aliphatic carbocycles. The van der Waals surface area contributed by atoms with Gasteiger partial charge in [0.25, 0.3) is 0 Å². The van der Waals surface area contributed by atoms with E-state index in [-0.39, 0.29) is 12.5 Å². The van der Waals surface area contributed by atoms with Gasteiger partial charge in [-0.3, -0.25) is 9.56 Å². The Kier molecular flexibility index (Phi) is 2.00. The minimum atomic E-state index is -0.405. The molecule has 1 heterocycles. The number of nitrogens with two attached hydrogens (primary N) is 1. The summed E-state index contributed by atoms with van der Waals surface area (Å²) in [6.07, 6.45) is 1.53. The third-order valence-corrected chi connectivity index (χ3v) is 1.15. The summed E-state index contributed by atoms with van der Waals surface area (Å²) in [7, 11) is 0. The number of nitrogens with zero attached hydrogens (tertiary/aromatic N) is 3. The van der Waals surface area contributed by atoms with Gasteiger partial charge in [0.15, 0.2) is 0 Å². The molecular weight excluding hydrogens is 144 g/mol. The lowest BCUT2D eigenvalue weighted by atomic mass is 10.6. The van der Waals surface area contributed by atoms with Crippen molar-refractivity contribution in [1.29, 1.82) is 0 Å². The van der Waals surface area contributed by atoms with Gasteiger partial charge in [0, 0.05) is 6.20 Å². The highest BCUT2D eigenvalue weighted by Crippen LogP contribution is 1.88. The van der Waals surface area contributed by atoms with Crippen molar-refractivity contribution in [3.8, 4) is 0 Å². The standard InChI is InChI=1S/C6H8N4O/c1-8-4-10-3-2-5(7)9-6(10)11/h2-3H,1,4H2,(H2,7,9,11). The van der Waals surface area contributed by atoms with E-state index in [9.17, 15) is 4.79 Å². The molecule has 1 aromatic rings. The quantitative estimate of drug-likeness (QED) is 0.579. The maximum Gasteiger partial charge on any atom is 0.351 e. The number of anilines is 1. The van der Waals surface area contributed by atoms with E-state index in [0.717, 1.165) is 0 Å². The van der Waals surface area contributed by atoms with E-state index in [2.05, 4.69) is 16.7 Å². The van der Waals surface area contributed by atoms with Crippen LogP contribution in [0.1, 0.15) is 0 Å². The van der Waals surface area contributed by atoms with Gasteiger partial charge in [0.05, 0.1) is 0 Å². The third-order valence-electron chi connectivity index (χ3n) is 1.15.